The largest absolute Gasteiger partial charge is 0.491 e. The Kier molecular flexibility index (Phi) is 5.63. The zero-order valence-electron chi connectivity index (χ0n) is 19.4. The van der Waals surface area contributed by atoms with Crippen molar-refractivity contribution in [3.05, 3.63) is 89.2 Å². The van der Waals surface area contributed by atoms with E-state index in [9.17, 15) is 4.79 Å². The van der Waals surface area contributed by atoms with Gasteiger partial charge < -0.3 is 14.2 Å². The van der Waals surface area contributed by atoms with Crippen LogP contribution < -0.4 is 9.64 Å². The molecule has 0 saturated carbocycles. The van der Waals surface area contributed by atoms with Crippen LogP contribution in [-0.2, 0) is 11.3 Å². The number of carbonyl (C=O) groups is 1. The smallest absolute Gasteiger partial charge is 0.227 e. The number of aryl methyl sites for hydroxylation is 2. The van der Waals surface area contributed by atoms with Crippen LogP contribution in [0.2, 0.25) is 0 Å². The lowest BCUT2D eigenvalue weighted by Crippen LogP contribution is -2.25. The fraction of sp³-hybridized carbons (Fsp3) is 0.286. The van der Waals surface area contributed by atoms with Crippen molar-refractivity contribution >= 4 is 22.6 Å². The topological polar surface area (TPSA) is 47.4 Å². The molecule has 168 valence electrons. The number of imidazole rings is 1. The Morgan fingerprint density at radius 1 is 0.939 bits per heavy atom. The zero-order chi connectivity index (χ0) is 22.9. The molecule has 4 aromatic rings. The van der Waals surface area contributed by atoms with Crippen LogP contribution in [0.4, 0.5) is 5.69 Å². The average Bonchev–Trinajstić information content (AvgIpc) is 3.37. The summed E-state index contributed by atoms with van der Waals surface area (Å²) in [6.45, 7) is 8.10. The summed E-state index contributed by atoms with van der Waals surface area (Å²) in [5.41, 5.74) is 6.54. The minimum atomic E-state index is 0.0465. The monoisotopic (exact) mass is 439 g/mol. The third-order valence-electron chi connectivity index (χ3n) is 6.71. The molecule has 5 nitrogen and oxygen atoms in total. The Hall–Kier alpha value is -3.60. The second kappa shape index (κ2) is 8.74. The van der Waals surface area contributed by atoms with Gasteiger partial charge in [-0.3, -0.25) is 4.79 Å². The molecule has 0 radical (unpaired) electrons. The van der Waals surface area contributed by atoms with Gasteiger partial charge in [-0.15, -0.1) is 0 Å². The van der Waals surface area contributed by atoms with Crippen molar-refractivity contribution in [2.24, 2.45) is 0 Å². The highest BCUT2D eigenvalue weighted by Crippen LogP contribution is 2.34. The molecule has 1 fully saturated rings. The number of benzene rings is 3. The first-order chi connectivity index (χ1) is 16.0. The molecule has 1 unspecified atom stereocenters. The zero-order valence-corrected chi connectivity index (χ0v) is 19.4. The summed E-state index contributed by atoms with van der Waals surface area (Å²) < 4.78 is 8.39. The molecule has 33 heavy (non-hydrogen) atoms. The summed E-state index contributed by atoms with van der Waals surface area (Å²) in [5, 5.41) is 0. The number of carbonyl (C=O) groups excluding carboxylic acids is 1. The maximum atomic E-state index is 13.0. The highest BCUT2D eigenvalue weighted by molar-refractivity contribution is 5.97. The maximum Gasteiger partial charge on any atom is 0.227 e. The number of rotatable bonds is 6. The molecule has 0 N–H and O–H groups in total. The van der Waals surface area contributed by atoms with Crippen molar-refractivity contribution in [1.82, 2.24) is 9.55 Å². The average molecular weight is 440 g/mol. The predicted molar refractivity (Wildman–Crippen MR) is 132 cm³/mol. The van der Waals surface area contributed by atoms with E-state index in [4.69, 9.17) is 9.72 Å². The number of anilines is 1. The van der Waals surface area contributed by atoms with Crippen LogP contribution in [-0.4, -0.2) is 28.6 Å². The quantitative estimate of drug-likeness (QED) is 0.395. The third kappa shape index (κ3) is 3.99. The summed E-state index contributed by atoms with van der Waals surface area (Å²) in [5.74, 6) is 2.08. The standard InChI is InChI=1S/C28H29N3O2/c1-19-10-8-14-26(21(19)3)33-16-15-30-25-13-7-5-11-23(25)29-28(30)22-17-27(32)31(18-22)24-12-6-4-9-20(24)2/h4-14,22H,15-18H2,1-3H3. The van der Waals surface area contributed by atoms with Gasteiger partial charge in [0, 0.05) is 24.6 Å². The first kappa shape index (κ1) is 21.3. The summed E-state index contributed by atoms with van der Waals surface area (Å²) in [6.07, 6.45) is 0.468. The number of aromatic nitrogens is 2. The Morgan fingerprint density at radius 2 is 1.70 bits per heavy atom. The Labute approximate surface area is 194 Å². The van der Waals surface area contributed by atoms with Gasteiger partial charge in [0.2, 0.25) is 5.91 Å². The first-order valence-corrected chi connectivity index (χ1v) is 11.5. The van der Waals surface area contributed by atoms with Gasteiger partial charge in [-0.2, -0.15) is 0 Å². The number of ether oxygens (including phenoxy) is 1. The van der Waals surface area contributed by atoms with Crippen molar-refractivity contribution in [3.63, 3.8) is 0 Å². The molecule has 1 amide bonds. The Balaban J connectivity index is 1.42. The molecule has 0 bridgehead atoms. The van der Waals surface area contributed by atoms with E-state index in [1.807, 2.05) is 53.4 Å². The minimum absolute atomic E-state index is 0.0465. The summed E-state index contributed by atoms with van der Waals surface area (Å²) >= 11 is 0. The van der Waals surface area contributed by atoms with Crippen LogP contribution in [0.3, 0.4) is 0 Å². The lowest BCUT2D eigenvalue weighted by molar-refractivity contribution is -0.117. The van der Waals surface area contributed by atoms with Gasteiger partial charge in [-0.25, -0.2) is 4.98 Å². The van der Waals surface area contributed by atoms with Gasteiger partial charge >= 0.3 is 0 Å². The van der Waals surface area contributed by atoms with Crippen LogP contribution in [0.1, 0.15) is 34.9 Å². The number of nitrogens with zero attached hydrogens (tertiary/aromatic N) is 3. The van der Waals surface area contributed by atoms with E-state index in [2.05, 4.69) is 43.5 Å². The molecule has 1 aliphatic heterocycles. The number of hydrogen-bond acceptors (Lipinski definition) is 3. The third-order valence-corrected chi connectivity index (χ3v) is 6.71. The molecule has 1 aromatic heterocycles. The maximum absolute atomic E-state index is 13.0. The van der Waals surface area contributed by atoms with Crippen molar-refractivity contribution < 1.29 is 9.53 Å². The normalized spacial score (nSPS) is 16.0. The molecule has 1 saturated heterocycles. The van der Waals surface area contributed by atoms with Crippen molar-refractivity contribution in [3.8, 4) is 5.75 Å². The number of amides is 1. The van der Waals surface area contributed by atoms with Gasteiger partial charge in [-0.1, -0.05) is 42.5 Å². The number of fused-ring (bicyclic) bond motifs is 1. The lowest BCUT2D eigenvalue weighted by Gasteiger charge is -2.19. The summed E-state index contributed by atoms with van der Waals surface area (Å²) in [7, 11) is 0. The van der Waals surface area contributed by atoms with Gasteiger partial charge in [0.15, 0.2) is 0 Å². The van der Waals surface area contributed by atoms with E-state index in [1.54, 1.807) is 0 Å². The van der Waals surface area contributed by atoms with Crippen LogP contribution >= 0.6 is 0 Å². The molecule has 3 aromatic carbocycles. The molecule has 0 aliphatic carbocycles. The molecule has 0 spiro atoms. The fourth-order valence-corrected chi connectivity index (χ4v) is 4.75. The van der Waals surface area contributed by atoms with Crippen LogP contribution in [0.25, 0.3) is 11.0 Å². The molecular weight excluding hydrogens is 410 g/mol. The molecule has 5 heteroatoms. The van der Waals surface area contributed by atoms with E-state index >= 15 is 0 Å². The predicted octanol–water partition coefficient (Wildman–Crippen LogP) is 5.56. The van der Waals surface area contributed by atoms with E-state index in [1.165, 1.54) is 11.1 Å². The Morgan fingerprint density at radius 3 is 2.55 bits per heavy atom. The van der Waals surface area contributed by atoms with E-state index < -0.39 is 0 Å². The second-order valence-corrected chi connectivity index (χ2v) is 8.85. The minimum Gasteiger partial charge on any atom is -0.491 e. The van der Waals surface area contributed by atoms with Crippen molar-refractivity contribution in [2.45, 2.75) is 39.7 Å². The summed E-state index contributed by atoms with van der Waals surface area (Å²) in [4.78, 5) is 19.8. The van der Waals surface area contributed by atoms with E-state index in [0.717, 1.165) is 33.9 Å². The molecule has 5 rings (SSSR count). The van der Waals surface area contributed by atoms with E-state index in [-0.39, 0.29) is 11.8 Å². The van der Waals surface area contributed by atoms with Gasteiger partial charge in [-0.05, 0) is 61.7 Å². The van der Waals surface area contributed by atoms with Gasteiger partial charge in [0.25, 0.3) is 0 Å². The first-order valence-electron chi connectivity index (χ1n) is 11.5. The SMILES string of the molecule is Cc1ccccc1N1CC(c2nc3ccccc3n2CCOc2cccc(C)c2C)CC1=O. The molecule has 2 heterocycles. The van der Waals surface area contributed by atoms with E-state index in [0.29, 0.717) is 26.1 Å². The van der Waals surface area contributed by atoms with Gasteiger partial charge in [0.1, 0.15) is 18.2 Å². The van der Waals surface area contributed by atoms with Crippen molar-refractivity contribution in [2.75, 3.05) is 18.1 Å². The lowest BCUT2D eigenvalue weighted by atomic mass is 10.1. The molecular formula is C28H29N3O2. The van der Waals surface area contributed by atoms with Crippen LogP contribution in [0.5, 0.6) is 5.75 Å². The Bertz CT molecular complexity index is 1320. The summed E-state index contributed by atoms with van der Waals surface area (Å²) in [6, 6.07) is 22.4. The van der Waals surface area contributed by atoms with Crippen LogP contribution in [0.15, 0.2) is 66.7 Å². The molecule has 1 aliphatic rings. The second-order valence-electron chi connectivity index (χ2n) is 8.85. The highest BCUT2D eigenvalue weighted by atomic mass is 16.5. The highest BCUT2D eigenvalue weighted by Gasteiger charge is 2.35. The number of para-hydroxylation sites is 3. The van der Waals surface area contributed by atoms with Crippen molar-refractivity contribution in [1.29, 1.82) is 0 Å². The number of hydrogen-bond donors (Lipinski definition) is 0. The fourth-order valence-electron chi connectivity index (χ4n) is 4.75. The van der Waals surface area contributed by atoms with Crippen LogP contribution in [0, 0.1) is 20.8 Å². The molecule has 1 atom stereocenters. The van der Waals surface area contributed by atoms with Gasteiger partial charge in [0.05, 0.1) is 17.6 Å².